The van der Waals surface area contributed by atoms with Gasteiger partial charge in [-0.15, -0.1) is 5.10 Å². The normalized spacial score (nSPS) is 11.5. The number of hydrogen-bond acceptors (Lipinski definition) is 6. The summed E-state index contributed by atoms with van der Waals surface area (Å²) < 4.78 is 0. The van der Waals surface area contributed by atoms with Gasteiger partial charge in [0.2, 0.25) is 0 Å². The van der Waals surface area contributed by atoms with Crippen molar-refractivity contribution in [2.45, 2.75) is 0 Å². The second kappa shape index (κ2) is 12.5. The van der Waals surface area contributed by atoms with Gasteiger partial charge in [-0.05, 0) is 83.9 Å². The highest BCUT2D eigenvalue weighted by molar-refractivity contribution is 6.13. The van der Waals surface area contributed by atoms with E-state index < -0.39 is 0 Å². The lowest BCUT2D eigenvalue weighted by Crippen LogP contribution is -2.09. The van der Waals surface area contributed by atoms with E-state index >= 15 is 0 Å². The van der Waals surface area contributed by atoms with Gasteiger partial charge in [0.1, 0.15) is 22.9 Å². The topological polar surface area (TPSA) is 72.8 Å². The highest BCUT2D eigenvalue weighted by Crippen LogP contribution is 2.51. The molecule has 1 aliphatic rings. The Labute approximate surface area is 289 Å². The molecule has 7 aromatic carbocycles. The third-order valence-electron chi connectivity index (χ3n) is 8.94. The van der Waals surface area contributed by atoms with Crippen molar-refractivity contribution in [1.29, 1.82) is 0 Å². The van der Waals surface area contributed by atoms with E-state index in [4.69, 9.17) is 0 Å². The summed E-state index contributed by atoms with van der Waals surface area (Å²) in [4.78, 5) is 13.8. The van der Waals surface area contributed by atoms with Crippen LogP contribution in [0.1, 0.15) is 0 Å². The summed E-state index contributed by atoms with van der Waals surface area (Å²) in [5, 5.41) is 12.0. The molecule has 0 radical (unpaired) electrons. The Morgan fingerprint density at radius 3 is 1.18 bits per heavy atom. The second-order valence-corrected chi connectivity index (χ2v) is 11.9. The van der Waals surface area contributed by atoms with Gasteiger partial charge < -0.3 is 9.80 Å². The van der Waals surface area contributed by atoms with Gasteiger partial charge >= 0.3 is 0 Å². The first kappa shape index (κ1) is 29.1. The predicted molar refractivity (Wildman–Crippen MR) is 203 cm³/mol. The van der Waals surface area contributed by atoms with Crippen LogP contribution in [0.2, 0.25) is 0 Å². The fourth-order valence-electron chi connectivity index (χ4n) is 6.70. The van der Waals surface area contributed by atoms with E-state index in [0.717, 1.165) is 78.8 Å². The van der Waals surface area contributed by atoms with Crippen molar-refractivity contribution in [2.24, 2.45) is 9.98 Å². The zero-order valence-corrected chi connectivity index (χ0v) is 26.8. The minimum Gasteiger partial charge on any atom is -0.311 e. The second-order valence-electron chi connectivity index (χ2n) is 11.9. The highest BCUT2D eigenvalue weighted by atomic mass is 15.3. The number of anilines is 6. The van der Waals surface area contributed by atoms with Crippen LogP contribution in [0.4, 0.5) is 45.5 Å². The highest BCUT2D eigenvalue weighted by Gasteiger charge is 2.26. The summed E-state index contributed by atoms with van der Waals surface area (Å²) in [5.74, 6) is 0. The number of nitrogens with zero attached hydrogens (tertiary/aromatic N) is 6. The quantitative estimate of drug-likeness (QED) is 0.179. The molecule has 9 rings (SSSR count). The molecule has 0 atom stereocenters. The lowest BCUT2D eigenvalue weighted by atomic mass is 9.93. The molecule has 1 N–H and O–H groups in total. The Bertz CT molecular complexity index is 2240. The minimum atomic E-state index is 0.733. The van der Waals surface area contributed by atoms with Crippen molar-refractivity contribution < 1.29 is 0 Å². The van der Waals surface area contributed by atoms with Gasteiger partial charge in [0, 0.05) is 45.3 Å². The van der Waals surface area contributed by atoms with E-state index in [9.17, 15) is 0 Å². The van der Waals surface area contributed by atoms with E-state index in [-0.39, 0.29) is 0 Å². The molecule has 0 unspecified atom stereocenters. The first-order valence-corrected chi connectivity index (χ1v) is 16.4. The van der Waals surface area contributed by atoms with Crippen LogP contribution in [-0.4, -0.2) is 21.4 Å². The summed E-state index contributed by atoms with van der Waals surface area (Å²) in [5.41, 5.74) is 13.1. The van der Waals surface area contributed by atoms with E-state index in [1.54, 1.807) is 0 Å². The molecule has 1 aromatic heterocycles. The molecule has 50 heavy (non-hydrogen) atoms. The molecule has 7 nitrogen and oxygen atoms in total. The van der Waals surface area contributed by atoms with E-state index in [2.05, 4.69) is 187 Å². The zero-order valence-electron chi connectivity index (χ0n) is 26.8. The Morgan fingerprint density at radius 2 is 0.760 bits per heavy atom. The largest absolute Gasteiger partial charge is 0.311 e. The number of aromatic nitrogens is 3. The van der Waals surface area contributed by atoms with Gasteiger partial charge in [-0.1, -0.05) is 102 Å². The van der Waals surface area contributed by atoms with Crippen LogP contribution >= 0.6 is 0 Å². The Balaban J connectivity index is 1.12. The maximum absolute atomic E-state index is 4.66. The molecular weight excluding hydrogens is 615 g/mol. The molecule has 0 amide bonds. The number of H-pyrrole nitrogens is 1. The van der Waals surface area contributed by atoms with Crippen LogP contribution in [0.25, 0.3) is 33.3 Å². The number of aliphatic imine (C=N–C) groups is 2. The Morgan fingerprint density at radius 1 is 0.400 bits per heavy atom. The maximum Gasteiger partial charge on any atom is 0.123 e. The van der Waals surface area contributed by atoms with Crippen molar-refractivity contribution in [2.75, 3.05) is 9.80 Å². The smallest absolute Gasteiger partial charge is 0.123 e. The van der Waals surface area contributed by atoms with Crippen LogP contribution in [0, 0.1) is 0 Å². The van der Waals surface area contributed by atoms with Gasteiger partial charge in [-0.25, -0.2) is 0 Å². The maximum atomic E-state index is 4.66. The summed E-state index contributed by atoms with van der Waals surface area (Å²) >= 11 is 0. The number of para-hydroxylation sites is 4. The van der Waals surface area contributed by atoms with Crippen molar-refractivity contribution in [3.8, 4) is 22.3 Å². The van der Waals surface area contributed by atoms with Crippen LogP contribution in [0.5, 0.6) is 0 Å². The Hall–Kier alpha value is -7.08. The van der Waals surface area contributed by atoms with Crippen LogP contribution in [0.15, 0.2) is 180 Å². The lowest BCUT2D eigenvalue weighted by molar-refractivity contribution is 0.960. The van der Waals surface area contributed by atoms with Gasteiger partial charge in [-0.2, -0.15) is 9.98 Å². The molecule has 7 heteroatoms. The molecule has 1 aliphatic heterocycles. The monoisotopic (exact) mass is 643 g/mol. The third-order valence-corrected chi connectivity index (χ3v) is 8.94. The standard InChI is InChI=1S/C43H29N7/c1-5-13-32(14-6-1)49(33-15-7-2-8-16-33)36-25-21-30(22-26-36)38-40-41(45-29-44-40)39(43-42(38)46-48-47-43)31-23-27-37(28-24-31)50(34-17-9-3-10-18-34)35-19-11-4-12-20-35/h1-28H,(H,46,47,48). The number of nitrogens with one attached hydrogen (secondary N) is 1. The molecule has 2 heterocycles. The lowest BCUT2D eigenvalue weighted by Gasteiger charge is -2.25. The number of fused-ring (bicyclic) bond motifs is 2. The number of rotatable bonds is 8. The van der Waals surface area contributed by atoms with Crippen molar-refractivity contribution in [1.82, 2.24) is 15.4 Å². The molecule has 0 saturated heterocycles. The fourth-order valence-corrected chi connectivity index (χ4v) is 6.70. The van der Waals surface area contributed by atoms with Crippen LogP contribution in [-0.2, 0) is 0 Å². The van der Waals surface area contributed by atoms with Crippen LogP contribution < -0.4 is 9.80 Å². The van der Waals surface area contributed by atoms with Crippen molar-refractivity contribution >= 4 is 62.5 Å². The summed E-state index contributed by atoms with van der Waals surface area (Å²) in [6.07, 6.45) is 0. The van der Waals surface area contributed by atoms with E-state index in [1.165, 1.54) is 0 Å². The van der Waals surface area contributed by atoms with Crippen molar-refractivity contribution in [3.05, 3.63) is 170 Å². The average Bonchev–Trinajstić information content (AvgIpc) is 3.87. The first-order valence-electron chi connectivity index (χ1n) is 16.4. The SMILES string of the molecule is C1=Nc2c(c(-c3ccc(N(c4ccccc4)c4ccccc4)cc3)c3[nH]nnc3c2-c2ccc(N(c3ccccc3)c3ccccc3)cc2)N=1. The molecular formula is C43H29N7. The molecule has 0 aliphatic carbocycles. The number of benzene rings is 7. The molecule has 0 fully saturated rings. The third kappa shape index (κ3) is 5.11. The number of aromatic amines is 1. The van der Waals surface area contributed by atoms with Crippen LogP contribution in [0.3, 0.4) is 0 Å². The van der Waals surface area contributed by atoms with E-state index in [1.807, 2.05) is 24.3 Å². The molecule has 0 spiro atoms. The van der Waals surface area contributed by atoms with E-state index in [0.29, 0.717) is 0 Å². The average molecular weight is 644 g/mol. The van der Waals surface area contributed by atoms with Gasteiger partial charge in [0.25, 0.3) is 0 Å². The molecule has 236 valence electrons. The Kier molecular flexibility index (Phi) is 7.28. The zero-order chi connectivity index (χ0) is 33.3. The predicted octanol–water partition coefficient (Wildman–Crippen LogP) is 11.7. The number of hydrogen-bond donors (Lipinski definition) is 1. The van der Waals surface area contributed by atoms with Gasteiger partial charge in [0.05, 0.1) is 5.52 Å². The molecule has 0 saturated carbocycles. The summed E-state index contributed by atoms with van der Waals surface area (Å²) in [7, 11) is 0. The first-order chi connectivity index (χ1) is 24.8. The summed E-state index contributed by atoms with van der Waals surface area (Å²) in [6, 6.07) is 61.4. The molecule has 0 bridgehead atoms. The van der Waals surface area contributed by atoms with Crippen molar-refractivity contribution in [3.63, 3.8) is 0 Å². The van der Waals surface area contributed by atoms with Gasteiger partial charge in [0.15, 0.2) is 0 Å². The minimum absolute atomic E-state index is 0.733. The summed E-state index contributed by atoms with van der Waals surface area (Å²) in [6.45, 7) is 0. The van der Waals surface area contributed by atoms with Gasteiger partial charge in [-0.3, -0.25) is 5.10 Å². The molecule has 8 aromatic rings. The fraction of sp³-hybridized carbons (Fsp3) is 0.